The number of carbonyl (C=O) groups excluding carboxylic acids is 1. The van der Waals surface area contributed by atoms with Crippen molar-refractivity contribution in [3.8, 4) is 5.69 Å². The lowest BCUT2D eigenvalue weighted by molar-refractivity contribution is -0.137. The van der Waals surface area contributed by atoms with Crippen molar-refractivity contribution in [1.29, 1.82) is 0 Å². The fraction of sp³-hybridized carbons (Fsp3) is 0.107. The van der Waals surface area contributed by atoms with Crippen molar-refractivity contribution in [2.75, 3.05) is 0 Å². The average Bonchev–Trinajstić information content (AvgIpc) is 2.87. The van der Waals surface area contributed by atoms with E-state index < -0.39 is 11.7 Å². The van der Waals surface area contributed by atoms with Crippen LogP contribution >= 0.6 is 0 Å². The maximum Gasteiger partial charge on any atom is 0.416 e. The van der Waals surface area contributed by atoms with Gasteiger partial charge in [-0.05, 0) is 73.0 Å². The Kier molecular flexibility index (Phi) is 5.80. The highest BCUT2D eigenvalue weighted by Crippen LogP contribution is 2.31. The maximum absolute atomic E-state index is 13.5. The molecule has 180 valence electrons. The third-order valence-electron chi connectivity index (χ3n) is 6.01. The van der Waals surface area contributed by atoms with E-state index in [4.69, 9.17) is 0 Å². The monoisotopic (exact) mass is 487 g/mol. The fourth-order valence-electron chi connectivity index (χ4n) is 4.22. The number of hydrogen-bond acceptors (Lipinski definition) is 3. The number of nitrogens with zero attached hydrogens (tertiary/aromatic N) is 2. The number of carbonyl (C=O) groups is 1. The third-order valence-corrected chi connectivity index (χ3v) is 6.01. The van der Waals surface area contributed by atoms with Crippen LogP contribution in [0.2, 0.25) is 0 Å². The molecule has 1 amide bonds. The minimum atomic E-state index is -4.48. The Balaban J connectivity index is 1.65. The number of aryl methyl sites for hydroxylation is 1. The van der Waals surface area contributed by atoms with Crippen LogP contribution in [-0.2, 0) is 12.7 Å². The highest BCUT2D eigenvalue weighted by atomic mass is 19.4. The van der Waals surface area contributed by atoms with E-state index in [1.807, 2.05) is 19.1 Å². The lowest BCUT2D eigenvalue weighted by Gasteiger charge is -2.16. The number of amides is 1. The Morgan fingerprint density at radius 3 is 2.39 bits per heavy atom. The molecular formula is C28H20F3N3O2. The van der Waals surface area contributed by atoms with Crippen LogP contribution < -0.4 is 10.9 Å². The second-order valence-electron chi connectivity index (χ2n) is 8.47. The predicted molar refractivity (Wildman–Crippen MR) is 132 cm³/mol. The molecule has 0 aliphatic carbocycles. The smallest absolute Gasteiger partial charge is 0.346 e. The highest BCUT2D eigenvalue weighted by molar-refractivity contribution is 6.09. The van der Waals surface area contributed by atoms with E-state index in [0.717, 1.165) is 17.7 Å². The van der Waals surface area contributed by atoms with Crippen LogP contribution in [0.1, 0.15) is 27.2 Å². The summed E-state index contributed by atoms with van der Waals surface area (Å²) in [4.78, 5) is 30.6. The summed E-state index contributed by atoms with van der Waals surface area (Å²) in [6, 6.07) is 20.2. The molecule has 36 heavy (non-hydrogen) atoms. The van der Waals surface area contributed by atoms with Crippen LogP contribution in [0, 0.1) is 6.92 Å². The molecule has 8 heteroatoms. The van der Waals surface area contributed by atoms with E-state index in [-0.39, 0.29) is 18.0 Å². The van der Waals surface area contributed by atoms with E-state index in [0.29, 0.717) is 38.6 Å². The second-order valence-corrected chi connectivity index (χ2v) is 8.47. The first-order chi connectivity index (χ1) is 17.2. The van der Waals surface area contributed by atoms with Gasteiger partial charge in [0.1, 0.15) is 0 Å². The van der Waals surface area contributed by atoms with Gasteiger partial charge in [-0.25, -0.2) is 0 Å². The van der Waals surface area contributed by atoms with E-state index in [9.17, 15) is 22.8 Å². The molecule has 0 saturated heterocycles. The maximum atomic E-state index is 13.5. The standard InChI is InChI=1S/C28H20F3N3O2/c1-17-5-11-22-23(14-17)24-15-18(26(35)33-16-20-4-2-3-13-32-20)6-12-25(24)34(27(22)36)21-9-7-19(8-10-21)28(29,30)31/h2-15H,16H2,1H3,(H,33,35). The summed E-state index contributed by atoms with van der Waals surface area (Å²) in [5.41, 5.74) is 1.66. The van der Waals surface area contributed by atoms with Crippen LogP contribution in [0.25, 0.3) is 27.4 Å². The van der Waals surface area contributed by atoms with Crippen molar-refractivity contribution in [3.05, 3.63) is 118 Å². The van der Waals surface area contributed by atoms with Gasteiger partial charge < -0.3 is 5.32 Å². The van der Waals surface area contributed by atoms with Gasteiger partial charge in [0.15, 0.2) is 0 Å². The quantitative estimate of drug-likeness (QED) is 0.326. The molecule has 2 aromatic heterocycles. The van der Waals surface area contributed by atoms with Gasteiger partial charge in [-0.3, -0.25) is 19.1 Å². The molecule has 0 saturated carbocycles. The lowest BCUT2D eigenvalue weighted by atomic mass is 10.0. The first-order valence-corrected chi connectivity index (χ1v) is 11.2. The van der Waals surface area contributed by atoms with Crippen LogP contribution in [0.5, 0.6) is 0 Å². The topological polar surface area (TPSA) is 64.0 Å². The summed E-state index contributed by atoms with van der Waals surface area (Å²) in [6.45, 7) is 2.15. The zero-order valence-electron chi connectivity index (χ0n) is 19.1. The first-order valence-electron chi connectivity index (χ1n) is 11.2. The molecule has 5 nitrogen and oxygen atoms in total. The zero-order chi connectivity index (χ0) is 25.4. The number of aromatic nitrogens is 2. The van der Waals surface area contributed by atoms with Gasteiger partial charge >= 0.3 is 6.18 Å². The van der Waals surface area contributed by atoms with Gasteiger partial charge in [-0.2, -0.15) is 13.2 Å². The molecule has 2 heterocycles. The molecule has 0 fully saturated rings. The Hall–Kier alpha value is -4.46. The van der Waals surface area contributed by atoms with Crippen molar-refractivity contribution in [1.82, 2.24) is 14.9 Å². The van der Waals surface area contributed by atoms with E-state index >= 15 is 0 Å². The number of rotatable bonds is 4. The van der Waals surface area contributed by atoms with Crippen molar-refractivity contribution in [2.24, 2.45) is 0 Å². The summed E-state index contributed by atoms with van der Waals surface area (Å²) in [5, 5.41) is 4.54. The van der Waals surface area contributed by atoms with E-state index in [1.165, 1.54) is 16.7 Å². The molecule has 1 N–H and O–H groups in total. The number of benzene rings is 3. The fourth-order valence-corrected chi connectivity index (χ4v) is 4.22. The molecule has 0 bridgehead atoms. The number of hydrogen-bond donors (Lipinski definition) is 1. The van der Waals surface area contributed by atoms with Crippen LogP contribution in [-0.4, -0.2) is 15.5 Å². The number of alkyl halides is 3. The van der Waals surface area contributed by atoms with Gasteiger partial charge in [0.05, 0.1) is 23.3 Å². The second kappa shape index (κ2) is 8.96. The summed E-state index contributed by atoms with van der Waals surface area (Å²) < 4.78 is 40.6. The number of nitrogens with one attached hydrogen (secondary N) is 1. The van der Waals surface area contributed by atoms with Crippen molar-refractivity contribution < 1.29 is 18.0 Å². The molecule has 0 atom stereocenters. The van der Waals surface area contributed by atoms with Crippen molar-refractivity contribution in [2.45, 2.75) is 19.6 Å². The Morgan fingerprint density at radius 1 is 0.917 bits per heavy atom. The Bertz CT molecular complexity index is 1660. The number of halogens is 3. The van der Waals surface area contributed by atoms with Gasteiger partial charge in [0.25, 0.3) is 11.5 Å². The van der Waals surface area contributed by atoms with Crippen LogP contribution in [0.4, 0.5) is 13.2 Å². The molecule has 0 spiro atoms. The largest absolute Gasteiger partial charge is 0.416 e. The summed E-state index contributed by atoms with van der Waals surface area (Å²) >= 11 is 0. The minimum absolute atomic E-state index is 0.253. The van der Waals surface area contributed by atoms with Crippen LogP contribution in [0.3, 0.4) is 0 Å². The predicted octanol–water partition coefficient (Wildman–Crippen LogP) is 5.80. The molecule has 0 radical (unpaired) electrons. The Labute approximate surface area is 203 Å². The molecule has 0 unspecified atom stereocenters. The summed E-state index contributed by atoms with van der Waals surface area (Å²) in [7, 11) is 0. The molecule has 5 aromatic rings. The lowest BCUT2D eigenvalue weighted by Crippen LogP contribution is -2.24. The number of pyridine rings is 2. The van der Waals surface area contributed by atoms with Crippen molar-refractivity contribution >= 4 is 27.6 Å². The first kappa shape index (κ1) is 23.3. The molecular weight excluding hydrogens is 467 g/mol. The van der Waals surface area contributed by atoms with Gasteiger partial charge in [0, 0.05) is 28.2 Å². The SMILES string of the molecule is Cc1ccc2c(=O)n(-c3ccc(C(F)(F)F)cc3)c3ccc(C(=O)NCc4ccccn4)cc3c2c1. The normalized spacial score (nSPS) is 11.7. The van der Waals surface area contributed by atoms with E-state index in [1.54, 1.807) is 48.7 Å². The summed E-state index contributed by atoms with van der Waals surface area (Å²) in [6.07, 6.45) is -2.84. The zero-order valence-corrected chi connectivity index (χ0v) is 19.1. The molecule has 5 rings (SSSR count). The molecule has 0 aliphatic heterocycles. The highest BCUT2D eigenvalue weighted by Gasteiger charge is 2.30. The van der Waals surface area contributed by atoms with E-state index in [2.05, 4.69) is 10.3 Å². The number of fused-ring (bicyclic) bond motifs is 3. The van der Waals surface area contributed by atoms with Crippen molar-refractivity contribution in [3.63, 3.8) is 0 Å². The van der Waals surface area contributed by atoms with Crippen LogP contribution in [0.15, 0.2) is 89.9 Å². The van der Waals surface area contributed by atoms with Gasteiger partial charge in [-0.15, -0.1) is 0 Å². The Morgan fingerprint density at radius 2 is 1.69 bits per heavy atom. The van der Waals surface area contributed by atoms with Gasteiger partial charge in [-0.1, -0.05) is 23.8 Å². The average molecular weight is 487 g/mol. The van der Waals surface area contributed by atoms with Gasteiger partial charge in [0.2, 0.25) is 0 Å². The summed E-state index contributed by atoms with van der Waals surface area (Å²) in [5.74, 6) is -0.310. The molecule has 0 aliphatic rings. The third kappa shape index (κ3) is 4.33. The molecule has 3 aromatic carbocycles. The minimum Gasteiger partial charge on any atom is -0.346 e.